The van der Waals surface area contributed by atoms with Crippen molar-refractivity contribution in [1.82, 2.24) is 0 Å². The Morgan fingerprint density at radius 1 is 1.04 bits per heavy atom. The first-order chi connectivity index (χ1) is 11.1. The van der Waals surface area contributed by atoms with Gasteiger partial charge in [0.1, 0.15) is 17.2 Å². The highest BCUT2D eigenvalue weighted by molar-refractivity contribution is 6.10. The second-order valence-corrected chi connectivity index (χ2v) is 5.00. The Morgan fingerprint density at radius 2 is 1.61 bits per heavy atom. The summed E-state index contributed by atoms with van der Waals surface area (Å²) in [7, 11) is 0. The number of rotatable bonds is 6. The molecule has 0 spiro atoms. The minimum atomic E-state index is -0.00613. The first-order valence-electron chi connectivity index (χ1n) is 7.58. The highest BCUT2D eigenvalue weighted by Gasteiger charge is 2.09. The third kappa shape index (κ3) is 4.58. The number of aromatic hydroxyl groups is 1. The molecule has 2 rings (SSSR count). The van der Waals surface area contributed by atoms with Crippen molar-refractivity contribution in [3.63, 3.8) is 0 Å². The zero-order valence-electron chi connectivity index (χ0n) is 13.3. The number of benzene rings is 2. The second kappa shape index (κ2) is 7.99. The predicted octanol–water partition coefficient (Wildman–Crippen LogP) is 5.28. The molecular formula is C20H20O3. The maximum absolute atomic E-state index is 12.4. The number of Topliss-reactive ketones (excluding diaryl/α,β-unsaturated/α-hetero) is 1. The number of phenols is 1. The molecule has 2 aromatic rings. The van der Waals surface area contributed by atoms with Crippen LogP contribution in [0, 0.1) is 0 Å². The number of hydrogen-bond acceptors (Lipinski definition) is 3. The van der Waals surface area contributed by atoms with Crippen LogP contribution in [0.5, 0.6) is 17.2 Å². The molecule has 0 radical (unpaired) electrons. The molecule has 2 aromatic carbocycles. The van der Waals surface area contributed by atoms with Gasteiger partial charge in [-0.2, -0.15) is 0 Å². The smallest absolute Gasteiger partial charge is 0.192 e. The van der Waals surface area contributed by atoms with Gasteiger partial charge in [0, 0.05) is 11.1 Å². The molecule has 0 aliphatic carbocycles. The van der Waals surface area contributed by atoms with E-state index in [0.717, 1.165) is 6.42 Å². The third-order valence-corrected chi connectivity index (χ3v) is 3.30. The Balaban J connectivity index is 2.11. The van der Waals surface area contributed by atoms with Crippen LogP contribution < -0.4 is 4.74 Å². The van der Waals surface area contributed by atoms with Crippen molar-refractivity contribution >= 4 is 5.78 Å². The Labute approximate surface area is 136 Å². The SMILES string of the molecule is C/C=C(\C=C/CC)C(=O)c1ccc(Oc2ccc(O)cc2)cc1. The van der Waals surface area contributed by atoms with Gasteiger partial charge in [-0.1, -0.05) is 25.2 Å². The number of carbonyl (C=O) groups excluding carboxylic acids is 1. The van der Waals surface area contributed by atoms with E-state index in [1.165, 1.54) is 0 Å². The second-order valence-electron chi connectivity index (χ2n) is 5.00. The van der Waals surface area contributed by atoms with Crippen molar-refractivity contribution in [3.05, 3.63) is 77.9 Å². The van der Waals surface area contributed by atoms with Gasteiger partial charge in [0.2, 0.25) is 0 Å². The predicted molar refractivity (Wildman–Crippen MR) is 92.1 cm³/mol. The Hall–Kier alpha value is -2.81. The van der Waals surface area contributed by atoms with Crippen molar-refractivity contribution in [2.24, 2.45) is 0 Å². The average Bonchev–Trinajstić information content (AvgIpc) is 2.58. The lowest BCUT2D eigenvalue weighted by Crippen LogP contribution is -2.01. The topological polar surface area (TPSA) is 46.5 Å². The van der Waals surface area contributed by atoms with Crippen LogP contribution in [0.1, 0.15) is 30.6 Å². The lowest BCUT2D eigenvalue weighted by Gasteiger charge is -2.07. The van der Waals surface area contributed by atoms with Gasteiger partial charge in [0.15, 0.2) is 5.78 Å². The van der Waals surface area contributed by atoms with E-state index in [4.69, 9.17) is 4.74 Å². The van der Waals surface area contributed by atoms with E-state index in [1.807, 2.05) is 32.1 Å². The molecule has 0 unspecified atom stereocenters. The van der Waals surface area contributed by atoms with E-state index in [2.05, 4.69) is 0 Å². The fourth-order valence-corrected chi connectivity index (χ4v) is 2.04. The molecule has 0 aliphatic rings. The van der Waals surface area contributed by atoms with Gasteiger partial charge in [-0.25, -0.2) is 0 Å². The van der Waals surface area contributed by atoms with Crippen LogP contribution in [0.15, 0.2) is 72.3 Å². The summed E-state index contributed by atoms with van der Waals surface area (Å²) in [6.45, 7) is 3.89. The Bertz CT molecular complexity index is 708. The summed E-state index contributed by atoms with van der Waals surface area (Å²) in [6.07, 6.45) is 6.53. The monoisotopic (exact) mass is 308 g/mol. The van der Waals surface area contributed by atoms with Gasteiger partial charge < -0.3 is 9.84 Å². The fourth-order valence-electron chi connectivity index (χ4n) is 2.04. The van der Waals surface area contributed by atoms with Crippen LogP contribution in [0.3, 0.4) is 0 Å². The molecular weight excluding hydrogens is 288 g/mol. The highest BCUT2D eigenvalue weighted by Crippen LogP contribution is 2.24. The van der Waals surface area contributed by atoms with E-state index in [9.17, 15) is 9.90 Å². The van der Waals surface area contributed by atoms with Crippen LogP contribution in [0.4, 0.5) is 0 Å². The maximum Gasteiger partial charge on any atom is 0.192 e. The minimum absolute atomic E-state index is 0.00613. The molecule has 0 saturated carbocycles. The van der Waals surface area contributed by atoms with Crippen molar-refractivity contribution in [3.8, 4) is 17.2 Å². The Morgan fingerprint density at radius 3 is 2.13 bits per heavy atom. The van der Waals surface area contributed by atoms with Gasteiger partial charge in [-0.3, -0.25) is 4.79 Å². The molecule has 0 fully saturated rings. The first kappa shape index (κ1) is 16.6. The number of carbonyl (C=O) groups is 1. The lowest BCUT2D eigenvalue weighted by molar-refractivity contribution is 0.103. The third-order valence-electron chi connectivity index (χ3n) is 3.30. The van der Waals surface area contributed by atoms with Gasteiger partial charge >= 0.3 is 0 Å². The van der Waals surface area contributed by atoms with Crippen LogP contribution in [0.2, 0.25) is 0 Å². The molecule has 0 amide bonds. The average molecular weight is 308 g/mol. The van der Waals surface area contributed by atoms with Crippen LogP contribution in [-0.2, 0) is 0 Å². The van der Waals surface area contributed by atoms with E-state index in [0.29, 0.717) is 22.6 Å². The summed E-state index contributed by atoms with van der Waals surface area (Å²) in [6, 6.07) is 13.5. The molecule has 0 atom stereocenters. The molecule has 0 aliphatic heterocycles. The normalized spacial score (nSPS) is 11.7. The molecule has 1 N–H and O–H groups in total. The van der Waals surface area contributed by atoms with Gasteiger partial charge in [-0.05, 0) is 61.9 Å². The maximum atomic E-state index is 12.4. The molecule has 0 saturated heterocycles. The molecule has 0 aromatic heterocycles. The zero-order valence-corrected chi connectivity index (χ0v) is 13.3. The van der Waals surface area contributed by atoms with Gasteiger partial charge in [0.05, 0.1) is 0 Å². The van der Waals surface area contributed by atoms with Crippen molar-refractivity contribution < 1.29 is 14.6 Å². The zero-order chi connectivity index (χ0) is 16.7. The van der Waals surface area contributed by atoms with Crippen molar-refractivity contribution in [2.75, 3.05) is 0 Å². The summed E-state index contributed by atoms with van der Waals surface area (Å²) in [4.78, 5) is 12.4. The highest BCUT2D eigenvalue weighted by atomic mass is 16.5. The largest absolute Gasteiger partial charge is 0.508 e. The molecule has 23 heavy (non-hydrogen) atoms. The molecule has 3 nitrogen and oxygen atoms in total. The molecule has 3 heteroatoms. The van der Waals surface area contributed by atoms with Crippen LogP contribution in [0.25, 0.3) is 0 Å². The number of ether oxygens (including phenoxy) is 1. The number of allylic oxidation sites excluding steroid dienone is 4. The summed E-state index contributed by atoms with van der Waals surface area (Å²) < 4.78 is 5.67. The molecule has 0 bridgehead atoms. The van der Waals surface area contributed by atoms with Crippen LogP contribution in [-0.4, -0.2) is 10.9 Å². The van der Waals surface area contributed by atoms with E-state index in [-0.39, 0.29) is 11.5 Å². The molecule has 118 valence electrons. The first-order valence-corrected chi connectivity index (χ1v) is 7.58. The standard InChI is InChI=1S/C20H20O3/c1-3-5-6-15(4-2)20(22)16-7-11-18(12-8-16)23-19-13-9-17(21)10-14-19/h4-14,21H,3H2,1-2H3/b6-5-,15-4+. The van der Waals surface area contributed by atoms with E-state index in [1.54, 1.807) is 48.5 Å². The molecule has 0 heterocycles. The van der Waals surface area contributed by atoms with Gasteiger partial charge in [0.25, 0.3) is 0 Å². The number of hydrogen-bond donors (Lipinski definition) is 1. The number of phenolic OH excluding ortho intramolecular Hbond substituents is 1. The van der Waals surface area contributed by atoms with Crippen molar-refractivity contribution in [1.29, 1.82) is 0 Å². The van der Waals surface area contributed by atoms with Gasteiger partial charge in [-0.15, -0.1) is 0 Å². The fraction of sp³-hybridized carbons (Fsp3) is 0.150. The van der Waals surface area contributed by atoms with Crippen LogP contribution >= 0.6 is 0 Å². The summed E-state index contributed by atoms with van der Waals surface area (Å²) >= 11 is 0. The number of ketones is 1. The summed E-state index contributed by atoms with van der Waals surface area (Å²) in [5.74, 6) is 1.45. The van der Waals surface area contributed by atoms with Crippen molar-refractivity contribution in [2.45, 2.75) is 20.3 Å². The van der Waals surface area contributed by atoms with E-state index < -0.39 is 0 Å². The minimum Gasteiger partial charge on any atom is -0.508 e. The van der Waals surface area contributed by atoms with E-state index >= 15 is 0 Å². The summed E-state index contributed by atoms with van der Waals surface area (Å²) in [5.41, 5.74) is 1.30. The summed E-state index contributed by atoms with van der Waals surface area (Å²) in [5, 5.41) is 9.25. The quantitative estimate of drug-likeness (QED) is 0.448. The lowest BCUT2D eigenvalue weighted by atomic mass is 10.0. The Kier molecular flexibility index (Phi) is 5.75.